The molecule has 0 aliphatic heterocycles. The summed E-state index contributed by atoms with van der Waals surface area (Å²) < 4.78 is 8.60. The molecular weight excluding hydrogens is 358 g/mol. The van der Waals surface area contributed by atoms with Gasteiger partial charge in [0.2, 0.25) is 0 Å². The van der Waals surface area contributed by atoms with Crippen LogP contribution in [0.1, 0.15) is 0 Å². The molecule has 27 heavy (non-hydrogen) atoms. The lowest BCUT2D eigenvalue weighted by molar-refractivity contribution is 0.427. The first kappa shape index (κ1) is 15.7. The maximum Gasteiger partial charge on any atom is 0.345 e. The molecule has 2 aromatic heterocycles. The summed E-state index contributed by atoms with van der Waals surface area (Å²) in [6.45, 7) is 0. The Morgan fingerprint density at radius 3 is 2.41 bits per heavy atom. The molecule has 130 valence electrons. The number of benzene rings is 3. The minimum absolute atomic E-state index is 0.314. The highest BCUT2D eigenvalue weighted by Gasteiger charge is 2.11. The van der Waals surface area contributed by atoms with Crippen LogP contribution in [0.15, 0.2) is 78.9 Å². The van der Waals surface area contributed by atoms with E-state index in [9.17, 15) is 0 Å². The number of fused-ring (bicyclic) bond motifs is 1. The molecule has 0 aliphatic rings. The third-order valence-electron chi connectivity index (χ3n) is 4.05. The average Bonchev–Trinajstić information content (AvgIpc) is 3.36. The van der Waals surface area contributed by atoms with Crippen LogP contribution in [0.3, 0.4) is 0 Å². The number of hydrogen-bond donors (Lipinski definition) is 0. The van der Waals surface area contributed by atoms with E-state index < -0.39 is 0 Å². The van der Waals surface area contributed by atoms with Gasteiger partial charge in [-0.25, -0.2) is 4.98 Å². The first-order valence-corrected chi connectivity index (χ1v) is 9.16. The Labute approximate surface area is 158 Å². The van der Waals surface area contributed by atoms with Gasteiger partial charge in [0.1, 0.15) is 10.8 Å². The lowest BCUT2D eigenvalue weighted by Crippen LogP contribution is -1.99. The van der Waals surface area contributed by atoms with Crippen LogP contribution in [0.4, 0.5) is 0 Å². The maximum atomic E-state index is 5.86. The third kappa shape index (κ3) is 3.04. The molecule has 3 aromatic carbocycles. The van der Waals surface area contributed by atoms with E-state index in [1.165, 1.54) is 4.70 Å². The molecule has 0 bridgehead atoms. The Balaban J connectivity index is 1.41. The Morgan fingerprint density at radius 2 is 1.59 bits per heavy atom. The quantitative estimate of drug-likeness (QED) is 0.457. The summed E-state index contributed by atoms with van der Waals surface area (Å²) >= 11 is 1.67. The number of nitrogens with zero attached hydrogens (tertiary/aromatic N) is 5. The summed E-state index contributed by atoms with van der Waals surface area (Å²) in [7, 11) is 0. The molecule has 0 saturated heterocycles. The minimum atomic E-state index is 0.314. The van der Waals surface area contributed by atoms with Crippen LogP contribution in [-0.4, -0.2) is 25.2 Å². The molecule has 6 nitrogen and oxygen atoms in total. The van der Waals surface area contributed by atoms with Crippen molar-refractivity contribution >= 4 is 21.6 Å². The van der Waals surface area contributed by atoms with E-state index in [2.05, 4.69) is 26.6 Å². The fourth-order valence-electron chi connectivity index (χ4n) is 2.74. The van der Waals surface area contributed by atoms with Crippen molar-refractivity contribution in [3.05, 3.63) is 78.9 Å². The molecule has 0 fully saturated rings. The fourth-order valence-corrected chi connectivity index (χ4v) is 3.71. The second-order valence-corrected chi connectivity index (χ2v) is 6.85. The van der Waals surface area contributed by atoms with Gasteiger partial charge in [0.25, 0.3) is 0 Å². The molecule has 0 atom stereocenters. The standard InChI is InChI=1S/C20H13N5OS/c1-2-6-15(7-3-1)25-20(22-23-24-25)26-16-12-10-14(11-13-16)19-21-17-8-4-5-9-18(17)27-19/h1-13H. The zero-order valence-electron chi connectivity index (χ0n) is 14.1. The van der Waals surface area contributed by atoms with Crippen molar-refractivity contribution in [1.82, 2.24) is 25.2 Å². The first-order chi connectivity index (χ1) is 13.4. The number of hydrogen-bond acceptors (Lipinski definition) is 6. The fraction of sp³-hybridized carbons (Fsp3) is 0. The van der Waals surface area contributed by atoms with E-state index in [0.717, 1.165) is 21.8 Å². The van der Waals surface area contributed by atoms with Crippen molar-refractivity contribution in [3.8, 4) is 28.0 Å². The summed E-state index contributed by atoms with van der Waals surface area (Å²) in [5.41, 5.74) is 2.90. The topological polar surface area (TPSA) is 65.7 Å². The van der Waals surface area contributed by atoms with Crippen molar-refractivity contribution in [2.75, 3.05) is 0 Å². The van der Waals surface area contributed by atoms with Crippen LogP contribution in [0, 0.1) is 0 Å². The minimum Gasteiger partial charge on any atom is -0.423 e. The van der Waals surface area contributed by atoms with E-state index in [-0.39, 0.29) is 0 Å². The average molecular weight is 371 g/mol. The molecule has 0 amide bonds. The molecule has 5 aromatic rings. The smallest absolute Gasteiger partial charge is 0.345 e. The number of para-hydroxylation sites is 2. The number of aromatic nitrogens is 5. The molecule has 5 rings (SSSR count). The van der Waals surface area contributed by atoms with E-state index in [4.69, 9.17) is 4.74 Å². The molecule has 0 radical (unpaired) electrons. The summed E-state index contributed by atoms with van der Waals surface area (Å²) in [4.78, 5) is 4.68. The molecular formula is C20H13N5OS. The van der Waals surface area contributed by atoms with Gasteiger partial charge in [0.05, 0.1) is 15.9 Å². The largest absolute Gasteiger partial charge is 0.423 e. The van der Waals surface area contributed by atoms with Crippen molar-refractivity contribution in [2.45, 2.75) is 0 Å². The van der Waals surface area contributed by atoms with E-state index in [0.29, 0.717) is 11.8 Å². The Morgan fingerprint density at radius 1 is 0.815 bits per heavy atom. The summed E-state index contributed by atoms with van der Waals surface area (Å²) in [5, 5.41) is 12.7. The molecule has 0 saturated carbocycles. The Bertz CT molecular complexity index is 1170. The highest BCUT2D eigenvalue weighted by Crippen LogP contribution is 2.31. The van der Waals surface area contributed by atoms with Gasteiger partial charge in [0, 0.05) is 5.56 Å². The van der Waals surface area contributed by atoms with E-state index >= 15 is 0 Å². The lowest BCUT2D eigenvalue weighted by Gasteiger charge is -2.06. The zero-order valence-corrected chi connectivity index (χ0v) is 14.9. The summed E-state index contributed by atoms with van der Waals surface area (Å²) in [6, 6.07) is 25.8. The second-order valence-electron chi connectivity index (χ2n) is 5.82. The number of tetrazole rings is 1. The maximum absolute atomic E-state index is 5.86. The predicted octanol–water partition coefficient (Wildman–Crippen LogP) is 4.73. The number of ether oxygens (including phenoxy) is 1. The molecule has 0 spiro atoms. The van der Waals surface area contributed by atoms with Gasteiger partial charge in [-0.05, 0) is 59.0 Å². The van der Waals surface area contributed by atoms with Gasteiger partial charge in [-0.3, -0.25) is 0 Å². The van der Waals surface area contributed by atoms with Crippen LogP contribution in [-0.2, 0) is 0 Å². The number of thiazole rings is 1. The third-order valence-corrected chi connectivity index (χ3v) is 5.13. The normalized spacial score (nSPS) is 11.0. The van der Waals surface area contributed by atoms with Crippen molar-refractivity contribution in [3.63, 3.8) is 0 Å². The monoisotopic (exact) mass is 371 g/mol. The molecule has 7 heteroatoms. The van der Waals surface area contributed by atoms with Gasteiger partial charge in [0.15, 0.2) is 0 Å². The number of rotatable bonds is 4. The Kier molecular flexibility index (Phi) is 3.84. The summed E-state index contributed by atoms with van der Waals surface area (Å²) in [6.07, 6.45) is 0. The molecule has 0 unspecified atom stereocenters. The molecule has 2 heterocycles. The highest BCUT2D eigenvalue weighted by molar-refractivity contribution is 7.21. The van der Waals surface area contributed by atoms with Gasteiger partial charge >= 0.3 is 6.01 Å². The molecule has 0 aliphatic carbocycles. The van der Waals surface area contributed by atoms with Crippen molar-refractivity contribution in [2.24, 2.45) is 0 Å². The lowest BCUT2D eigenvalue weighted by atomic mass is 10.2. The second kappa shape index (κ2) is 6.62. The van der Waals surface area contributed by atoms with E-state index in [1.807, 2.05) is 72.8 Å². The van der Waals surface area contributed by atoms with Crippen LogP contribution in [0.25, 0.3) is 26.5 Å². The van der Waals surface area contributed by atoms with Crippen LogP contribution >= 0.6 is 11.3 Å². The Hall–Kier alpha value is -3.58. The van der Waals surface area contributed by atoms with Gasteiger partial charge < -0.3 is 4.74 Å². The van der Waals surface area contributed by atoms with Crippen molar-refractivity contribution < 1.29 is 4.74 Å². The van der Waals surface area contributed by atoms with Gasteiger partial charge in [-0.15, -0.1) is 11.3 Å². The van der Waals surface area contributed by atoms with Gasteiger partial charge in [-0.1, -0.05) is 35.4 Å². The first-order valence-electron chi connectivity index (χ1n) is 8.34. The van der Waals surface area contributed by atoms with Crippen LogP contribution in [0.2, 0.25) is 0 Å². The predicted molar refractivity (Wildman–Crippen MR) is 104 cm³/mol. The van der Waals surface area contributed by atoms with Crippen molar-refractivity contribution in [1.29, 1.82) is 0 Å². The van der Waals surface area contributed by atoms with Crippen LogP contribution in [0.5, 0.6) is 11.8 Å². The molecule has 0 N–H and O–H groups in total. The van der Waals surface area contributed by atoms with Crippen LogP contribution < -0.4 is 4.74 Å². The van der Waals surface area contributed by atoms with Gasteiger partial charge in [-0.2, -0.15) is 4.68 Å². The summed E-state index contributed by atoms with van der Waals surface area (Å²) in [5.74, 6) is 0.659. The zero-order chi connectivity index (χ0) is 18.1. The highest BCUT2D eigenvalue weighted by atomic mass is 32.1. The SMILES string of the molecule is c1ccc(-n2nnnc2Oc2ccc(-c3nc4ccccc4s3)cc2)cc1. The van der Waals surface area contributed by atoms with E-state index in [1.54, 1.807) is 16.0 Å².